The van der Waals surface area contributed by atoms with Crippen molar-refractivity contribution in [3.8, 4) is 0 Å². The van der Waals surface area contributed by atoms with Crippen LogP contribution in [0.5, 0.6) is 0 Å². The average Bonchev–Trinajstić information content (AvgIpc) is 2.24. The zero-order valence-corrected chi connectivity index (χ0v) is 9.07. The molecule has 2 heterocycles. The van der Waals surface area contributed by atoms with Crippen molar-refractivity contribution in [2.75, 3.05) is 25.5 Å². The summed E-state index contributed by atoms with van der Waals surface area (Å²) in [6, 6.07) is 0.142. The number of nitrogens with zero attached hydrogens (tertiary/aromatic N) is 1. The van der Waals surface area contributed by atoms with Crippen LogP contribution in [0, 0.1) is 5.92 Å². The van der Waals surface area contributed by atoms with E-state index in [4.69, 9.17) is 9.88 Å². The second kappa shape index (κ2) is 3.73. The molecule has 2 rings (SSSR count). The summed E-state index contributed by atoms with van der Waals surface area (Å²) < 4.78 is 26.7. The molecular formula is C8H14N2O4S. The Bertz CT molecular complexity index is 363. The highest BCUT2D eigenvalue weighted by atomic mass is 32.2. The van der Waals surface area contributed by atoms with Crippen molar-refractivity contribution >= 4 is 15.9 Å². The van der Waals surface area contributed by atoms with Crippen LogP contribution in [0.3, 0.4) is 0 Å². The van der Waals surface area contributed by atoms with Gasteiger partial charge < -0.3 is 9.64 Å². The molecule has 0 saturated carbocycles. The summed E-state index contributed by atoms with van der Waals surface area (Å²) in [7, 11) is -3.48. The van der Waals surface area contributed by atoms with Gasteiger partial charge in [-0.3, -0.25) is 4.79 Å². The molecule has 0 aromatic carbocycles. The summed E-state index contributed by atoms with van der Waals surface area (Å²) in [5, 5.41) is 4.95. The van der Waals surface area contributed by atoms with E-state index in [2.05, 4.69) is 0 Å². The minimum absolute atomic E-state index is 0.0111. The molecule has 1 unspecified atom stereocenters. The third-order valence-electron chi connectivity index (χ3n) is 2.77. The quantitative estimate of drug-likeness (QED) is 0.645. The molecule has 1 amide bonds. The summed E-state index contributed by atoms with van der Waals surface area (Å²) in [6.07, 6.45) is 0.285. The van der Waals surface area contributed by atoms with E-state index < -0.39 is 10.0 Å². The lowest BCUT2D eigenvalue weighted by Crippen LogP contribution is -2.49. The van der Waals surface area contributed by atoms with Crippen LogP contribution in [0.15, 0.2) is 0 Å². The number of rotatable bonds is 3. The Hall–Kier alpha value is -0.660. The van der Waals surface area contributed by atoms with Crippen molar-refractivity contribution in [1.29, 1.82) is 0 Å². The van der Waals surface area contributed by atoms with Gasteiger partial charge in [-0.15, -0.1) is 0 Å². The van der Waals surface area contributed by atoms with Gasteiger partial charge in [0.2, 0.25) is 15.9 Å². The highest BCUT2D eigenvalue weighted by Gasteiger charge is 2.38. The van der Waals surface area contributed by atoms with Crippen molar-refractivity contribution in [3.63, 3.8) is 0 Å². The van der Waals surface area contributed by atoms with Crippen molar-refractivity contribution < 1.29 is 17.9 Å². The Labute approximate surface area is 88.4 Å². The molecule has 86 valence electrons. The average molecular weight is 234 g/mol. The molecule has 0 aromatic heterocycles. The molecule has 2 aliphatic rings. The SMILES string of the molecule is NS(=O)(=O)CC1CC(=O)N(C2COC2)C1. The molecule has 1 atom stereocenters. The smallest absolute Gasteiger partial charge is 0.223 e. The van der Waals surface area contributed by atoms with E-state index in [1.54, 1.807) is 4.90 Å². The minimum Gasteiger partial charge on any atom is -0.377 e. The van der Waals surface area contributed by atoms with Crippen molar-refractivity contribution in [3.05, 3.63) is 0 Å². The molecule has 0 spiro atoms. The topological polar surface area (TPSA) is 89.7 Å². The number of ether oxygens (including phenoxy) is 1. The van der Waals surface area contributed by atoms with Crippen LogP contribution >= 0.6 is 0 Å². The molecular weight excluding hydrogens is 220 g/mol. The Morgan fingerprint density at radius 2 is 2.13 bits per heavy atom. The number of hydrogen-bond donors (Lipinski definition) is 1. The van der Waals surface area contributed by atoms with Crippen LogP contribution in [0.25, 0.3) is 0 Å². The molecule has 2 saturated heterocycles. The predicted molar refractivity (Wildman–Crippen MR) is 52.4 cm³/mol. The van der Waals surface area contributed by atoms with Crippen LogP contribution in [0.2, 0.25) is 0 Å². The number of amides is 1. The largest absolute Gasteiger partial charge is 0.377 e. The number of primary sulfonamides is 1. The van der Waals surface area contributed by atoms with Gasteiger partial charge in [0.15, 0.2) is 0 Å². The van der Waals surface area contributed by atoms with Crippen LogP contribution in [0.4, 0.5) is 0 Å². The summed E-state index contributed by atoms with van der Waals surface area (Å²) >= 11 is 0. The Morgan fingerprint density at radius 1 is 1.47 bits per heavy atom. The molecule has 0 aromatic rings. The fraction of sp³-hybridized carbons (Fsp3) is 0.875. The van der Waals surface area contributed by atoms with Crippen LogP contribution in [-0.2, 0) is 19.6 Å². The second-order valence-corrected chi connectivity index (χ2v) is 5.80. The number of carbonyl (C=O) groups excluding carboxylic acids is 1. The Balaban J connectivity index is 1.94. The molecule has 15 heavy (non-hydrogen) atoms. The zero-order valence-electron chi connectivity index (χ0n) is 8.26. The molecule has 2 fully saturated rings. The second-order valence-electron chi connectivity index (χ2n) is 4.14. The van der Waals surface area contributed by atoms with Crippen molar-refractivity contribution in [2.45, 2.75) is 12.5 Å². The van der Waals surface area contributed by atoms with Crippen molar-refractivity contribution in [1.82, 2.24) is 4.90 Å². The highest BCUT2D eigenvalue weighted by Crippen LogP contribution is 2.23. The van der Waals surface area contributed by atoms with E-state index in [1.165, 1.54) is 0 Å². The lowest BCUT2D eigenvalue weighted by molar-refractivity contribution is -0.139. The molecule has 0 bridgehead atoms. The maximum absolute atomic E-state index is 11.5. The first-order valence-electron chi connectivity index (χ1n) is 4.83. The van der Waals surface area contributed by atoms with Gasteiger partial charge in [-0.05, 0) is 0 Å². The van der Waals surface area contributed by atoms with Crippen LogP contribution in [0.1, 0.15) is 6.42 Å². The molecule has 2 aliphatic heterocycles. The first-order chi connectivity index (χ1) is 6.96. The van der Waals surface area contributed by atoms with E-state index in [0.717, 1.165) is 0 Å². The number of nitrogens with two attached hydrogens (primary N) is 1. The van der Waals surface area contributed by atoms with Gasteiger partial charge in [-0.1, -0.05) is 0 Å². The molecule has 0 aliphatic carbocycles. The van der Waals surface area contributed by atoms with Gasteiger partial charge in [0, 0.05) is 18.9 Å². The van der Waals surface area contributed by atoms with Gasteiger partial charge >= 0.3 is 0 Å². The number of likely N-dealkylation sites (tertiary alicyclic amines) is 1. The van der Waals surface area contributed by atoms with E-state index in [-0.39, 0.29) is 30.0 Å². The van der Waals surface area contributed by atoms with Crippen LogP contribution < -0.4 is 5.14 Å². The third kappa shape index (κ3) is 2.47. The molecule has 2 N–H and O–H groups in total. The molecule has 0 radical (unpaired) electrons. The van der Waals surface area contributed by atoms with E-state index in [0.29, 0.717) is 19.8 Å². The van der Waals surface area contributed by atoms with Crippen molar-refractivity contribution in [2.24, 2.45) is 11.1 Å². The van der Waals surface area contributed by atoms with Gasteiger partial charge in [0.25, 0.3) is 0 Å². The number of carbonyl (C=O) groups is 1. The zero-order chi connectivity index (χ0) is 11.1. The Morgan fingerprint density at radius 3 is 2.60 bits per heavy atom. The first-order valence-corrected chi connectivity index (χ1v) is 6.55. The lowest BCUT2D eigenvalue weighted by Gasteiger charge is -2.34. The summed E-state index contributed by atoms with van der Waals surface area (Å²) in [5.74, 6) is -0.256. The minimum atomic E-state index is -3.48. The molecule has 7 heteroatoms. The Kier molecular flexibility index (Phi) is 2.70. The van der Waals surface area contributed by atoms with Gasteiger partial charge in [0.05, 0.1) is 25.0 Å². The maximum atomic E-state index is 11.5. The monoisotopic (exact) mass is 234 g/mol. The van der Waals surface area contributed by atoms with Gasteiger partial charge in [-0.2, -0.15) is 0 Å². The number of sulfonamides is 1. The van der Waals surface area contributed by atoms with Gasteiger partial charge in [-0.25, -0.2) is 13.6 Å². The van der Waals surface area contributed by atoms with E-state index in [1.807, 2.05) is 0 Å². The number of hydrogen-bond acceptors (Lipinski definition) is 4. The molecule has 6 nitrogen and oxygen atoms in total. The van der Waals surface area contributed by atoms with E-state index >= 15 is 0 Å². The predicted octanol–water partition coefficient (Wildman–Crippen LogP) is -1.48. The fourth-order valence-electron chi connectivity index (χ4n) is 2.00. The fourth-order valence-corrected chi connectivity index (χ4v) is 2.89. The third-order valence-corrected chi connectivity index (χ3v) is 3.70. The summed E-state index contributed by atoms with van der Waals surface area (Å²) in [6.45, 7) is 1.62. The van der Waals surface area contributed by atoms with Gasteiger partial charge in [0.1, 0.15) is 0 Å². The summed E-state index contributed by atoms with van der Waals surface area (Å²) in [5.41, 5.74) is 0. The highest BCUT2D eigenvalue weighted by molar-refractivity contribution is 7.89. The first kappa shape index (κ1) is 10.8. The summed E-state index contributed by atoms with van der Waals surface area (Å²) in [4.78, 5) is 13.2. The standard InChI is InChI=1S/C8H14N2O4S/c9-15(12,13)5-6-1-8(11)10(2-6)7-3-14-4-7/h6-7H,1-5H2,(H2,9,12,13). The van der Waals surface area contributed by atoms with Crippen LogP contribution in [-0.4, -0.2) is 50.8 Å². The normalized spacial score (nSPS) is 28.2. The maximum Gasteiger partial charge on any atom is 0.223 e. The lowest BCUT2D eigenvalue weighted by atomic mass is 10.1. The van der Waals surface area contributed by atoms with E-state index in [9.17, 15) is 13.2 Å².